The molecule has 2 heterocycles. The molecule has 0 saturated carbocycles. The molecule has 1 aliphatic heterocycles. The van der Waals surface area contributed by atoms with Gasteiger partial charge in [0.05, 0.1) is 6.10 Å². The van der Waals surface area contributed by atoms with E-state index in [1.165, 1.54) is 0 Å². The monoisotopic (exact) mass is 276 g/mol. The molecule has 1 aromatic heterocycles. The quantitative estimate of drug-likeness (QED) is 0.808. The van der Waals surface area contributed by atoms with E-state index in [-0.39, 0.29) is 11.7 Å². The van der Waals surface area contributed by atoms with Crippen LogP contribution >= 0.6 is 0 Å². The molecule has 0 bridgehead atoms. The minimum atomic E-state index is -4.55. The van der Waals surface area contributed by atoms with Crippen molar-refractivity contribution < 1.29 is 18.3 Å². The van der Waals surface area contributed by atoms with E-state index in [4.69, 9.17) is 5.73 Å². The van der Waals surface area contributed by atoms with Gasteiger partial charge in [0.1, 0.15) is 5.82 Å². The van der Waals surface area contributed by atoms with Crippen LogP contribution in [0.2, 0.25) is 0 Å². The van der Waals surface area contributed by atoms with Crippen LogP contribution in [0.3, 0.4) is 0 Å². The normalized spacial score (nSPS) is 24.6. The minimum absolute atomic E-state index is 0.0284. The number of nitrogens with two attached hydrogens (primary N) is 1. The lowest BCUT2D eigenvalue weighted by Gasteiger charge is -2.35. The highest BCUT2D eigenvalue weighted by Crippen LogP contribution is 2.31. The van der Waals surface area contributed by atoms with Crippen LogP contribution in [0.25, 0.3) is 0 Å². The lowest BCUT2D eigenvalue weighted by atomic mass is 9.97. The van der Waals surface area contributed by atoms with Crippen molar-refractivity contribution in [1.82, 2.24) is 9.97 Å². The Morgan fingerprint density at radius 2 is 2.11 bits per heavy atom. The van der Waals surface area contributed by atoms with Crippen molar-refractivity contribution in [2.24, 2.45) is 5.92 Å². The Kier molecular flexibility index (Phi) is 3.53. The summed E-state index contributed by atoms with van der Waals surface area (Å²) in [5.74, 6) is -0.276. The zero-order valence-electron chi connectivity index (χ0n) is 10.4. The summed E-state index contributed by atoms with van der Waals surface area (Å²) in [6, 6.07) is 0.890. The summed E-state index contributed by atoms with van der Waals surface area (Å²) in [6.45, 7) is 2.72. The molecule has 2 unspecified atom stereocenters. The van der Waals surface area contributed by atoms with Crippen molar-refractivity contribution >= 4 is 11.8 Å². The van der Waals surface area contributed by atoms with Crippen molar-refractivity contribution in [3.63, 3.8) is 0 Å². The fourth-order valence-electron chi connectivity index (χ4n) is 2.10. The summed E-state index contributed by atoms with van der Waals surface area (Å²) in [5, 5.41) is 9.62. The number of alkyl halides is 3. The number of aliphatic hydroxyl groups excluding tert-OH is 1. The molecule has 2 rings (SSSR count). The molecule has 0 aliphatic carbocycles. The highest BCUT2D eigenvalue weighted by Gasteiger charge is 2.34. The van der Waals surface area contributed by atoms with Crippen LogP contribution in [0.1, 0.15) is 19.0 Å². The van der Waals surface area contributed by atoms with Gasteiger partial charge in [0.2, 0.25) is 5.95 Å². The zero-order chi connectivity index (χ0) is 14.2. The van der Waals surface area contributed by atoms with Crippen LogP contribution in [0.5, 0.6) is 0 Å². The third-order valence-electron chi connectivity index (χ3n) is 3.20. The maximum absolute atomic E-state index is 12.6. The van der Waals surface area contributed by atoms with Crippen LogP contribution in [-0.2, 0) is 6.18 Å². The highest BCUT2D eigenvalue weighted by atomic mass is 19.4. The number of aliphatic hydroxyl groups is 1. The summed E-state index contributed by atoms with van der Waals surface area (Å²) in [6.07, 6.45) is -4.49. The molecule has 2 atom stereocenters. The molecule has 8 heteroatoms. The molecule has 0 spiro atoms. The Labute approximate surface area is 108 Å². The van der Waals surface area contributed by atoms with Crippen molar-refractivity contribution in [2.45, 2.75) is 25.6 Å². The lowest BCUT2D eigenvalue weighted by Crippen LogP contribution is -2.42. The van der Waals surface area contributed by atoms with Gasteiger partial charge in [-0.25, -0.2) is 4.98 Å². The van der Waals surface area contributed by atoms with Crippen molar-refractivity contribution in [3.8, 4) is 0 Å². The average Bonchev–Trinajstić information content (AvgIpc) is 2.31. The molecule has 1 saturated heterocycles. The topological polar surface area (TPSA) is 75.3 Å². The third-order valence-corrected chi connectivity index (χ3v) is 3.20. The number of piperidine rings is 1. The molecule has 106 valence electrons. The minimum Gasteiger partial charge on any atom is -0.393 e. The van der Waals surface area contributed by atoms with E-state index in [0.29, 0.717) is 19.5 Å². The third kappa shape index (κ3) is 3.06. The first-order valence-electron chi connectivity index (χ1n) is 5.92. The number of aromatic nitrogens is 2. The number of anilines is 2. The summed E-state index contributed by atoms with van der Waals surface area (Å²) >= 11 is 0. The highest BCUT2D eigenvalue weighted by molar-refractivity contribution is 5.44. The van der Waals surface area contributed by atoms with E-state index in [1.54, 1.807) is 4.90 Å². The van der Waals surface area contributed by atoms with E-state index in [9.17, 15) is 18.3 Å². The van der Waals surface area contributed by atoms with Gasteiger partial charge in [-0.1, -0.05) is 6.92 Å². The summed E-state index contributed by atoms with van der Waals surface area (Å²) < 4.78 is 37.9. The van der Waals surface area contributed by atoms with Gasteiger partial charge < -0.3 is 15.7 Å². The van der Waals surface area contributed by atoms with Gasteiger partial charge in [-0.2, -0.15) is 18.2 Å². The fraction of sp³-hybridized carbons (Fsp3) is 0.636. The molecule has 0 amide bonds. The average molecular weight is 276 g/mol. The first kappa shape index (κ1) is 13.9. The summed E-state index contributed by atoms with van der Waals surface area (Å²) in [4.78, 5) is 8.73. The number of hydrogen-bond acceptors (Lipinski definition) is 5. The first-order chi connectivity index (χ1) is 8.77. The summed E-state index contributed by atoms with van der Waals surface area (Å²) in [5.41, 5.74) is 4.28. The van der Waals surface area contributed by atoms with Crippen LogP contribution in [0.15, 0.2) is 6.07 Å². The lowest BCUT2D eigenvalue weighted by molar-refractivity contribution is -0.141. The second-order valence-corrected chi connectivity index (χ2v) is 4.75. The van der Waals surface area contributed by atoms with Crippen LogP contribution in [-0.4, -0.2) is 34.3 Å². The number of nitrogen functional groups attached to an aromatic ring is 1. The van der Waals surface area contributed by atoms with Crippen LogP contribution in [0.4, 0.5) is 24.9 Å². The number of halogens is 3. The Balaban J connectivity index is 2.28. The maximum Gasteiger partial charge on any atom is 0.433 e. The van der Waals surface area contributed by atoms with Crippen LogP contribution in [0, 0.1) is 5.92 Å². The number of rotatable bonds is 1. The molecule has 1 fully saturated rings. The molecule has 1 aliphatic rings. The molecular formula is C11H15F3N4O. The number of hydrogen-bond donors (Lipinski definition) is 2. The molecule has 5 nitrogen and oxygen atoms in total. The fourth-order valence-corrected chi connectivity index (χ4v) is 2.10. The largest absolute Gasteiger partial charge is 0.433 e. The van der Waals surface area contributed by atoms with Gasteiger partial charge in [0.15, 0.2) is 5.69 Å². The summed E-state index contributed by atoms with van der Waals surface area (Å²) in [7, 11) is 0. The van der Waals surface area contributed by atoms with Gasteiger partial charge in [-0.15, -0.1) is 0 Å². The van der Waals surface area contributed by atoms with Crippen LogP contribution < -0.4 is 10.6 Å². The molecule has 0 radical (unpaired) electrons. The smallest absolute Gasteiger partial charge is 0.393 e. The van der Waals surface area contributed by atoms with Gasteiger partial charge >= 0.3 is 6.18 Å². The van der Waals surface area contributed by atoms with E-state index in [1.807, 2.05) is 6.92 Å². The number of nitrogens with zero attached hydrogens (tertiary/aromatic N) is 3. The van der Waals surface area contributed by atoms with Gasteiger partial charge in [0, 0.05) is 19.2 Å². The van der Waals surface area contributed by atoms with Gasteiger partial charge in [0.25, 0.3) is 0 Å². The Hall–Kier alpha value is -1.57. The van der Waals surface area contributed by atoms with E-state index >= 15 is 0 Å². The SMILES string of the molecule is CC1CN(c2cc(C(F)(F)F)nc(N)n2)CCC1O. The van der Waals surface area contributed by atoms with Crippen molar-refractivity contribution in [2.75, 3.05) is 23.7 Å². The van der Waals surface area contributed by atoms with Gasteiger partial charge in [-0.3, -0.25) is 0 Å². The molecule has 1 aromatic rings. The predicted octanol–water partition coefficient (Wildman–Crippen LogP) is 1.28. The Morgan fingerprint density at radius 1 is 1.42 bits per heavy atom. The second kappa shape index (κ2) is 4.84. The molecular weight excluding hydrogens is 261 g/mol. The van der Waals surface area contributed by atoms with Crippen molar-refractivity contribution in [1.29, 1.82) is 0 Å². The van der Waals surface area contributed by atoms with E-state index in [0.717, 1.165) is 6.07 Å². The Bertz CT molecular complexity index is 466. The second-order valence-electron chi connectivity index (χ2n) is 4.75. The zero-order valence-corrected chi connectivity index (χ0v) is 10.4. The first-order valence-corrected chi connectivity index (χ1v) is 5.92. The maximum atomic E-state index is 12.6. The standard InChI is InChI=1S/C11H15F3N4O/c1-6-5-18(3-2-7(6)19)9-4-8(11(12,13)14)16-10(15)17-9/h4,6-7,19H,2-3,5H2,1H3,(H2,15,16,17). The molecule has 19 heavy (non-hydrogen) atoms. The van der Waals surface area contributed by atoms with Crippen molar-refractivity contribution in [3.05, 3.63) is 11.8 Å². The predicted molar refractivity (Wildman–Crippen MR) is 63.4 cm³/mol. The van der Waals surface area contributed by atoms with Gasteiger partial charge in [-0.05, 0) is 12.3 Å². The van der Waals surface area contributed by atoms with E-state index in [2.05, 4.69) is 9.97 Å². The van der Waals surface area contributed by atoms with E-state index < -0.39 is 23.9 Å². The molecule has 3 N–H and O–H groups in total. The molecule has 0 aromatic carbocycles. The Morgan fingerprint density at radius 3 is 2.68 bits per heavy atom.